The van der Waals surface area contributed by atoms with Gasteiger partial charge in [-0.3, -0.25) is 0 Å². The van der Waals surface area contributed by atoms with Gasteiger partial charge in [0.15, 0.2) is 0 Å². The molecular formula is C16H32O4Si4. The fourth-order valence-corrected chi connectivity index (χ4v) is 22.3. The molecule has 1 unspecified atom stereocenters. The number of hydrogen-bond acceptors (Lipinski definition) is 4. The van der Waals surface area contributed by atoms with Crippen molar-refractivity contribution >= 4 is 34.2 Å². The summed E-state index contributed by atoms with van der Waals surface area (Å²) in [5.74, 6) is 0. The molecule has 0 aromatic heterocycles. The van der Waals surface area contributed by atoms with Crippen molar-refractivity contribution < 1.29 is 16.5 Å². The molecule has 0 bridgehead atoms. The first-order valence-corrected chi connectivity index (χ1v) is 17.7. The van der Waals surface area contributed by atoms with Crippen LogP contribution in [0.15, 0.2) is 47.1 Å². The van der Waals surface area contributed by atoms with Crippen molar-refractivity contribution in [3.05, 3.63) is 47.1 Å². The van der Waals surface area contributed by atoms with Crippen LogP contribution < -0.4 is 0 Å². The standard InChI is InChI=1S/C16H32O4Si4/c1-11-14-24(16(6)15(4)5)19-22(9,10)17-21(7,8)18-23(12-2,13-3)20-24/h11-14H,2-3H2,1,4-10H3. The predicted octanol–water partition coefficient (Wildman–Crippen LogP) is 4.82. The van der Waals surface area contributed by atoms with E-state index in [1.54, 1.807) is 11.4 Å². The molecule has 136 valence electrons. The Morgan fingerprint density at radius 1 is 0.792 bits per heavy atom. The largest absolute Gasteiger partial charge is 0.416 e. The lowest BCUT2D eigenvalue weighted by Gasteiger charge is -2.48. The average Bonchev–Trinajstić information content (AvgIpc) is 2.42. The molecule has 0 aliphatic carbocycles. The summed E-state index contributed by atoms with van der Waals surface area (Å²) < 4.78 is 26.3. The van der Waals surface area contributed by atoms with Gasteiger partial charge >= 0.3 is 34.2 Å². The third kappa shape index (κ3) is 4.85. The van der Waals surface area contributed by atoms with E-state index in [-0.39, 0.29) is 0 Å². The normalized spacial score (nSPS) is 28.7. The van der Waals surface area contributed by atoms with E-state index >= 15 is 0 Å². The Kier molecular flexibility index (Phi) is 6.78. The van der Waals surface area contributed by atoms with Gasteiger partial charge in [0, 0.05) is 0 Å². The Morgan fingerprint density at radius 2 is 1.29 bits per heavy atom. The summed E-state index contributed by atoms with van der Waals surface area (Å²) in [7, 11) is -10.6. The third-order valence-electron chi connectivity index (χ3n) is 3.83. The maximum Gasteiger partial charge on any atom is 0.377 e. The topological polar surface area (TPSA) is 36.9 Å². The van der Waals surface area contributed by atoms with E-state index < -0.39 is 34.2 Å². The van der Waals surface area contributed by atoms with Crippen molar-refractivity contribution in [3.63, 3.8) is 0 Å². The maximum absolute atomic E-state index is 6.74. The Bertz CT molecular complexity index is 556. The van der Waals surface area contributed by atoms with E-state index in [0.717, 1.165) is 5.20 Å². The van der Waals surface area contributed by atoms with Gasteiger partial charge in [0.25, 0.3) is 0 Å². The summed E-state index contributed by atoms with van der Waals surface area (Å²) in [6, 6.07) is 0. The maximum atomic E-state index is 6.74. The molecule has 0 amide bonds. The van der Waals surface area contributed by atoms with E-state index in [9.17, 15) is 0 Å². The van der Waals surface area contributed by atoms with Gasteiger partial charge in [0.05, 0.1) is 0 Å². The van der Waals surface area contributed by atoms with Gasteiger partial charge < -0.3 is 16.5 Å². The van der Waals surface area contributed by atoms with E-state index in [1.165, 1.54) is 5.57 Å². The van der Waals surface area contributed by atoms with E-state index in [1.807, 2.05) is 26.1 Å². The third-order valence-corrected chi connectivity index (χ3v) is 20.1. The second kappa shape index (κ2) is 7.50. The average molecular weight is 401 g/mol. The van der Waals surface area contributed by atoms with Gasteiger partial charge in [0.2, 0.25) is 0 Å². The molecule has 0 N–H and O–H groups in total. The first kappa shape index (κ1) is 21.7. The zero-order valence-electron chi connectivity index (χ0n) is 16.4. The van der Waals surface area contributed by atoms with Gasteiger partial charge in [0.1, 0.15) is 0 Å². The smallest absolute Gasteiger partial charge is 0.377 e. The summed E-state index contributed by atoms with van der Waals surface area (Å²) >= 11 is 0. The van der Waals surface area contributed by atoms with Crippen LogP contribution in [0.1, 0.15) is 27.7 Å². The van der Waals surface area contributed by atoms with Gasteiger partial charge in [-0.05, 0) is 76.2 Å². The summed E-state index contributed by atoms with van der Waals surface area (Å²) in [5.41, 5.74) is 6.83. The van der Waals surface area contributed by atoms with Crippen LogP contribution in [0.4, 0.5) is 0 Å². The summed E-state index contributed by atoms with van der Waals surface area (Å²) in [6.07, 6.45) is 2.00. The lowest BCUT2D eigenvalue weighted by atomic mass is 10.3. The highest BCUT2D eigenvalue weighted by Gasteiger charge is 2.56. The monoisotopic (exact) mass is 400 g/mol. The molecule has 1 rings (SSSR count). The number of rotatable bonds is 4. The summed E-state index contributed by atoms with van der Waals surface area (Å²) in [5, 5.41) is 1.13. The molecular weight excluding hydrogens is 369 g/mol. The highest BCUT2D eigenvalue weighted by molar-refractivity contribution is 7.00. The molecule has 24 heavy (non-hydrogen) atoms. The molecule has 1 atom stereocenters. The van der Waals surface area contributed by atoms with Crippen molar-refractivity contribution in [2.45, 2.75) is 53.9 Å². The van der Waals surface area contributed by atoms with Crippen molar-refractivity contribution in [1.29, 1.82) is 0 Å². The molecule has 0 radical (unpaired) electrons. The Morgan fingerprint density at radius 3 is 1.71 bits per heavy atom. The Labute approximate surface area is 151 Å². The van der Waals surface area contributed by atoms with Gasteiger partial charge in [-0.15, -0.1) is 13.2 Å². The Hall–Kier alpha value is -0.332. The minimum absolute atomic E-state index is 1.13. The molecule has 1 saturated heterocycles. The molecule has 1 heterocycles. The van der Waals surface area contributed by atoms with E-state index in [4.69, 9.17) is 16.5 Å². The second-order valence-corrected chi connectivity index (χ2v) is 20.7. The molecule has 1 fully saturated rings. The minimum atomic E-state index is -2.85. The van der Waals surface area contributed by atoms with Crippen molar-refractivity contribution in [3.8, 4) is 0 Å². The minimum Gasteiger partial charge on any atom is -0.416 e. The second-order valence-electron chi connectivity index (χ2n) is 7.13. The van der Waals surface area contributed by atoms with Crippen LogP contribution >= 0.6 is 0 Å². The van der Waals surface area contributed by atoms with Crippen LogP contribution in [0.5, 0.6) is 0 Å². The SMILES string of the molecule is C=C[Si]1(C=C)O[Si](C)(C)O[Si](C)(C)O[Si](C=CC)(C(C)=C(C)C)O1. The zero-order valence-corrected chi connectivity index (χ0v) is 20.4. The fraction of sp³-hybridized carbons (Fsp3) is 0.500. The molecule has 0 aromatic carbocycles. The van der Waals surface area contributed by atoms with Crippen LogP contribution in [-0.2, 0) is 16.5 Å². The first-order chi connectivity index (χ1) is 10.9. The molecule has 0 saturated carbocycles. The lowest BCUT2D eigenvalue weighted by Crippen LogP contribution is -2.67. The van der Waals surface area contributed by atoms with Crippen LogP contribution in [-0.4, -0.2) is 34.2 Å². The lowest BCUT2D eigenvalue weighted by molar-refractivity contribution is 0.248. The fourth-order valence-electron chi connectivity index (χ4n) is 2.83. The van der Waals surface area contributed by atoms with Crippen LogP contribution in [0, 0.1) is 0 Å². The Balaban J connectivity index is 3.65. The van der Waals surface area contributed by atoms with Gasteiger partial charge in [-0.1, -0.05) is 11.6 Å². The van der Waals surface area contributed by atoms with Crippen molar-refractivity contribution in [2.75, 3.05) is 0 Å². The van der Waals surface area contributed by atoms with E-state index in [0.29, 0.717) is 0 Å². The summed E-state index contributed by atoms with van der Waals surface area (Å²) in [6.45, 7) is 24.4. The van der Waals surface area contributed by atoms with Crippen molar-refractivity contribution in [1.82, 2.24) is 0 Å². The van der Waals surface area contributed by atoms with Crippen LogP contribution in [0.25, 0.3) is 0 Å². The van der Waals surface area contributed by atoms with Crippen LogP contribution in [0.2, 0.25) is 26.2 Å². The van der Waals surface area contributed by atoms with Crippen molar-refractivity contribution in [2.24, 2.45) is 0 Å². The molecule has 1 aliphatic rings. The highest BCUT2D eigenvalue weighted by atomic mass is 28.5. The molecule has 0 aromatic rings. The molecule has 1 aliphatic heterocycles. The number of allylic oxidation sites excluding steroid dienone is 3. The van der Waals surface area contributed by atoms with Crippen LogP contribution in [0.3, 0.4) is 0 Å². The predicted molar refractivity (Wildman–Crippen MR) is 110 cm³/mol. The van der Waals surface area contributed by atoms with Gasteiger partial charge in [-0.2, -0.15) is 0 Å². The molecule has 0 spiro atoms. The van der Waals surface area contributed by atoms with E-state index in [2.05, 4.69) is 52.7 Å². The quantitative estimate of drug-likeness (QED) is 0.634. The zero-order chi connectivity index (χ0) is 18.8. The first-order valence-electron chi connectivity index (χ1n) is 8.23. The molecule has 4 nitrogen and oxygen atoms in total. The summed E-state index contributed by atoms with van der Waals surface area (Å²) in [4.78, 5) is 0. The molecule has 8 heteroatoms. The van der Waals surface area contributed by atoms with Gasteiger partial charge in [-0.25, -0.2) is 0 Å². The highest BCUT2D eigenvalue weighted by Crippen LogP contribution is 2.36. The number of hydrogen-bond donors (Lipinski definition) is 0.